The van der Waals surface area contributed by atoms with Gasteiger partial charge in [-0.1, -0.05) is 52.5 Å². The molecule has 0 aromatic heterocycles. The predicted molar refractivity (Wildman–Crippen MR) is 138 cm³/mol. The van der Waals surface area contributed by atoms with E-state index in [1.54, 1.807) is 39.0 Å². The summed E-state index contributed by atoms with van der Waals surface area (Å²) in [7, 11) is -3.93. The zero-order valence-corrected chi connectivity index (χ0v) is 22.8. The molecule has 1 N–H and O–H groups in total. The van der Waals surface area contributed by atoms with Gasteiger partial charge in [-0.3, -0.25) is 13.9 Å². The number of hydrogen-bond acceptors (Lipinski definition) is 4. The van der Waals surface area contributed by atoms with Crippen molar-refractivity contribution in [3.05, 3.63) is 62.1 Å². The second-order valence-corrected chi connectivity index (χ2v) is 11.5. The van der Waals surface area contributed by atoms with E-state index in [1.165, 1.54) is 23.1 Å². The fraction of sp³-hybridized carbons (Fsp3) is 0.364. The van der Waals surface area contributed by atoms with E-state index >= 15 is 0 Å². The normalized spacial score (nSPS) is 12.4. The first-order chi connectivity index (χ1) is 15.7. The van der Waals surface area contributed by atoms with Gasteiger partial charge in [0.25, 0.3) is 0 Å². The number of rotatable bonds is 9. The Morgan fingerprint density at radius 2 is 1.56 bits per heavy atom. The van der Waals surface area contributed by atoms with E-state index in [0.29, 0.717) is 20.6 Å². The van der Waals surface area contributed by atoms with Crippen LogP contribution < -0.4 is 9.62 Å². The molecule has 2 aromatic carbocycles. The Morgan fingerprint density at radius 3 is 2.06 bits per heavy atom. The van der Waals surface area contributed by atoms with E-state index in [0.717, 1.165) is 10.6 Å². The number of carbonyl (C=O) groups excluding carboxylic acids is 2. The van der Waals surface area contributed by atoms with Gasteiger partial charge in [-0.05, 0) is 51.1 Å². The first kappa shape index (κ1) is 28.5. The minimum absolute atomic E-state index is 0.0528. The first-order valence-corrected chi connectivity index (χ1v) is 13.5. The van der Waals surface area contributed by atoms with Crippen molar-refractivity contribution in [3.63, 3.8) is 0 Å². The average molecular weight is 569 g/mol. The van der Waals surface area contributed by atoms with Crippen LogP contribution in [0.4, 0.5) is 5.69 Å². The number of anilines is 1. The molecule has 0 heterocycles. The molecular formula is C22H25Cl4N3O4S. The first-order valence-electron chi connectivity index (χ1n) is 10.2. The average Bonchev–Trinajstić information content (AvgIpc) is 2.70. The van der Waals surface area contributed by atoms with Gasteiger partial charge in [0, 0.05) is 33.2 Å². The summed E-state index contributed by atoms with van der Waals surface area (Å²) in [5.74, 6) is -1.07. The van der Waals surface area contributed by atoms with Gasteiger partial charge >= 0.3 is 0 Å². The molecule has 34 heavy (non-hydrogen) atoms. The number of nitrogens with zero attached hydrogens (tertiary/aromatic N) is 2. The minimum atomic E-state index is -3.93. The van der Waals surface area contributed by atoms with E-state index < -0.39 is 34.4 Å². The van der Waals surface area contributed by atoms with Crippen LogP contribution in [0, 0.1) is 0 Å². The zero-order valence-electron chi connectivity index (χ0n) is 19.0. The molecule has 0 aliphatic carbocycles. The highest BCUT2D eigenvalue weighted by Crippen LogP contribution is 2.31. The second-order valence-electron chi connectivity index (χ2n) is 7.93. The van der Waals surface area contributed by atoms with E-state index in [4.69, 9.17) is 46.4 Å². The van der Waals surface area contributed by atoms with Crippen molar-refractivity contribution in [3.8, 4) is 0 Å². The van der Waals surface area contributed by atoms with Gasteiger partial charge in [0.2, 0.25) is 21.8 Å². The topological polar surface area (TPSA) is 86.8 Å². The Morgan fingerprint density at radius 1 is 0.971 bits per heavy atom. The van der Waals surface area contributed by atoms with Crippen LogP contribution >= 0.6 is 46.4 Å². The highest BCUT2D eigenvalue weighted by molar-refractivity contribution is 7.92. The number of benzene rings is 2. The van der Waals surface area contributed by atoms with Gasteiger partial charge in [-0.15, -0.1) is 0 Å². The molecule has 1 atom stereocenters. The lowest BCUT2D eigenvalue weighted by molar-refractivity contribution is -0.139. The Labute approximate surface area is 220 Å². The SMILES string of the molecule is CC(C)NC(=O)C(C)N(Cc1c(Cl)cccc1Cl)C(=O)CN(c1ccc(Cl)cc1Cl)S(C)(=O)=O. The maximum absolute atomic E-state index is 13.5. The van der Waals surface area contributed by atoms with Crippen LogP contribution in [0.1, 0.15) is 26.3 Å². The number of sulfonamides is 1. The molecule has 0 aliphatic rings. The van der Waals surface area contributed by atoms with Crippen LogP contribution in [-0.2, 0) is 26.2 Å². The number of amides is 2. The molecule has 0 saturated heterocycles. The third kappa shape index (κ3) is 7.39. The van der Waals surface area contributed by atoms with Gasteiger partial charge < -0.3 is 10.2 Å². The molecule has 0 saturated carbocycles. The molecule has 2 aromatic rings. The number of nitrogens with one attached hydrogen (secondary N) is 1. The molecule has 0 bridgehead atoms. The van der Waals surface area contributed by atoms with Crippen molar-refractivity contribution in [2.24, 2.45) is 0 Å². The maximum atomic E-state index is 13.5. The van der Waals surface area contributed by atoms with Gasteiger partial charge in [0.15, 0.2) is 0 Å². The van der Waals surface area contributed by atoms with Crippen LogP contribution in [0.25, 0.3) is 0 Å². The monoisotopic (exact) mass is 567 g/mol. The van der Waals surface area contributed by atoms with Crippen molar-refractivity contribution in [2.75, 3.05) is 17.1 Å². The Balaban J connectivity index is 2.49. The van der Waals surface area contributed by atoms with Gasteiger partial charge in [0.1, 0.15) is 12.6 Å². The van der Waals surface area contributed by atoms with E-state index in [9.17, 15) is 18.0 Å². The van der Waals surface area contributed by atoms with Crippen molar-refractivity contribution in [2.45, 2.75) is 39.4 Å². The maximum Gasteiger partial charge on any atom is 0.244 e. The fourth-order valence-corrected chi connectivity index (χ4v) is 5.06. The molecule has 12 heteroatoms. The lowest BCUT2D eigenvalue weighted by atomic mass is 10.1. The molecule has 1 unspecified atom stereocenters. The number of halogens is 4. The molecule has 186 valence electrons. The molecule has 0 fully saturated rings. The molecular weight excluding hydrogens is 544 g/mol. The highest BCUT2D eigenvalue weighted by Gasteiger charge is 2.31. The quantitative estimate of drug-likeness (QED) is 0.461. The largest absolute Gasteiger partial charge is 0.352 e. The third-order valence-corrected chi connectivity index (χ3v) is 7.22. The summed E-state index contributed by atoms with van der Waals surface area (Å²) in [6.07, 6.45) is 0.954. The summed E-state index contributed by atoms with van der Waals surface area (Å²) >= 11 is 24.7. The van der Waals surface area contributed by atoms with Crippen molar-refractivity contribution in [1.29, 1.82) is 0 Å². The Hall–Kier alpha value is -1.71. The summed E-state index contributed by atoms with van der Waals surface area (Å²) in [4.78, 5) is 27.5. The Bertz CT molecular complexity index is 1150. The molecule has 7 nitrogen and oxygen atoms in total. The van der Waals surface area contributed by atoms with Crippen LogP contribution in [0.3, 0.4) is 0 Å². The summed E-state index contributed by atoms with van der Waals surface area (Å²) in [6, 6.07) is 8.00. The second kappa shape index (κ2) is 11.8. The number of hydrogen-bond donors (Lipinski definition) is 1. The lowest BCUT2D eigenvalue weighted by Crippen LogP contribution is -2.52. The van der Waals surface area contributed by atoms with Crippen LogP contribution in [0.5, 0.6) is 0 Å². The standard InChI is InChI=1S/C22H25Cl4N3O4S/c1-13(2)27-22(31)14(3)28(11-16-17(24)6-5-7-18(16)25)21(30)12-29(34(4,32)33)20-9-8-15(23)10-19(20)26/h5-10,13-14H,11-12H2,1-4H3,(H,27,31). The van der Waals surface area contributed by atoms with Gasteiger partial charge in [-0.25, -0.2) is 8.42 Å². The summed E-state index contributed by atoms with van der Waals surface area (Å²) in [6.45, 7) is 4.39. The lowest BCUT2D eigenvalue weighted by Gasteiger charge is -2.32. The Kier molecular flexibility index (Phi) is 9.91. The van der Waals surface area contributed by atoms with E-state index in [1.807, 2.05) is 0 Å². The summed E-state index contributed by atoms with van der Waals surface area (Å²) in [5, 5.41) is 3.73. The molecule has 2 amide bonds. The zero-order chi connectivity index (χ0) is 25.8. The van der Waals surface area contributed by atoms with Crippen molar-refractivity contribution >= 4 is 73.9 Å². The smallest absolute Gasteiger partial charge is 0.244 e. The van der Waals surface area contributed by atoms with Crippen molar-refractivity contribution < 1.29 is 18.0 Å². The minimum Gasteiger partial charge on any atom is -0.352 e. The van der Waals surface area contributed by atoms with Crippen LogP contribution in [0.2, 0.25) is 20.1 Å². The molecule has 0 aliphatic heterocycles. The molecule has 0 spiro atoms. The van der Waals surface area contributed by atoms with Crippen molar-refractivity contribution in [1.82, 2.24) is 10.2 Å². The van der Waals surface area contributed by atoms with E-state index in [-0.39, 0.29) is 23.3 Å². The van der Waals surface area contributed by atoms with E-state index in [2.05, 4.69) is 5.32 Å². The fourth-order valence-electron chi connectivity index (χ4n) is 3.12. The van der Waals surface area contributed by atoms with Gasteiger partial charge in [0.05, 0.1) is 17.0 Å². The summed E-state index contributed by atoms with van der Waals surface area (Å²) < 4.78 is 26.0. The third-order valence-electron chi connectivity index (χ3n) is 4.85. The number of carbonyl (C=O) groups is 2. The van der Waals surface area contributed by atoms with Crippen LogP contribution in [0.15, 0.2) is 36.4 Å². The van der Waals surface area contributed by atoms with Crippen LogP contribution in [-0.4, -0.2) is 50.0 Å². The summed E-state index contributed by atoms with van der Waals surface area (Å²) in [5.41, 5.74) is 0.510. The molecule has 0 radical (unpaired) electrons. The molecule has 2 rings (SSSR count). The van der Waals surface area contributed by atoms with Gasteiger partial charge in [-0.2, -0.15) is 0 Å². The predicted octanol–water partition coefficient (Wildman–Crippen LogP) is 5.01. The highest BCUT2D eigenvalue weighted by atomic mass is 35.5.